The minimum atomic E-state index is -0.144. The Hall–Kier alpha value is -0.980. The number of ether oxygens (including phenoxy) is 1. The van der Waals surface area contributed by atoms with Gasteiger partial charge < -0.3 is 15.0 Å². The Morgan fingerprint density at radius 1 is 1.50 bits per heavy atom. The van der Waals surface area contributed by atoms with Gasteiger partial charge in [-0.2, -0.15) is 0 Å². The molecule has 1 aliphatic rings. The van der Waals surface area contributed by atoms with Crippen molar-refractivity contribution in [1.29, 1.82) is 0 Å². The predicted molar refractivity (Wildman–Crippen MR) is 69.0 cm³/mol. The summed E-state index contributed by atoms with van der Waals surface area (Å²) in [6, 6.07) is 0.324. The summed E-state index contributed by atoms with van der Waals surface area (Å²) in [5, 5.41) is 8.08. The maximum atomic E-state index is 5.92. The van der Waals surface area contributed by atoms with E-state index in [1.807, 2.05) is 0 Å². The van der Waals surface area contributed by atoms with Crippen molar-refractivity contribution < 1.29 is 4.74 Å². The van der Waals surface area contributed by atoms with E-state index in [0.717, 1.165) is 31.9 Å². The molecule has 2 rings (SSSR count). The largest absolute Gasteiger partial charge is 0.379 e. The van der Waals surface area contributed by atoms with Gasteiger partial charge in [0.05, 0.1) is 12.1 Å². The summed E-state index contributed by atoms with van der Waals surface area (Å²) in [4.78, 5) is 2.38. The minimum absolute atomic E-state index is 0.144. The van der Waals surface area contributed by atoms with Gasteiger partial charge in [0.1, 0.15) is 12.2 Å². The van der Waals surface area contributed by atoms with Gasteiger partial charge in [0.2, 0.25) is 0 Å². The van der Waals surface area contributed by atoms with Gasteiger partial charge in [0.15, 0.2) is 0 Å². The summed E-state index contributed by atoms with van der Waals surface area (Å²) in [5.41, 5.74) is 5.78. The van der Waals surface area contributed by atoms with Crippen LogP contribution in [0.3, 0.4) is 0 Å². The van der Waals surface area contributed by atoms with E-state index in [-0.39, 0.29) is 5.60 Å². The Morgan fingerprint density at radius 3 is 2.94 bits per heavy atom. The van der Waals surface area contributed by atoms with E-state index in [2.05, 4.69) is 33.5 Å². The SMILES string of the molecule is COC(C)(C)CC(CN)N1CCn2cnnc2C1. The van der Waals surface area contributed by atoms with Gasteiger partial charge in [0, 0.05) is 32.8 Å². The number of rotatable bonds is 5. The normalized spacial score (nSPS) is 18.7. The molecule has 2 heterocycles. The first-order chi connectivity index (χ1) is 8.55. The fourth-order valence-corrected chi connectivity index (χ4v) is 2.41. The smallest absolute Gasteiger partial charge is 0.147 e. The van der Waals surface area contributed by atoms with Gasteiger partial charge in [-0.05, 0) is 20.3 Å². The molecule has 0 spiro atoms. The second-order valence-corrected chi connectivity index (χ2v) is 5.47. The van der Waals surface area contributed by atoms with Crippen LogP contribution >= 0.6 is 0 Å². The van der Waals surface area contributed by atoms with Gasteiger partial charge >= 0.3 is 0 Å². The summed E-state index contributed by atoms with van der Waals surface area (Å²) in [7, 11) is 1.75. The lowest BCUT2D eigenvalue weighted by Gasteiger charge is -2.37. The highest BCUT2D eigenvalue weighted by Gasteiger charge is 2.29. The number of nitrogens with two attached hydrogens (primary N) is 1. The monoisotopic (exact) mass is 253 g/mol. The molecule has 6 nitrogen and oxygen atoms in total. The second kappa shape index (κ2) is 5.34. The van der Waals surface area contributed by atoms with Gasteiger partial charge in [0.25, 0.3) is 0 Å². The molecule has 0 aromatic carbocycles. The highest BCUT2D eigenvalue weighted by molar-refractivity contribution is 4.93. The molecule has 0 amide bonds. The molecule has 1 atom stereocenters. The molecule has 0 saturated heterocycles. The quantitative estimate of drug-likeness (QED) is 0.814. The van der Waals surface area contributed by atoms with Crippen molar-refractivity contribution in [1.82, 2.24) is 19.7 Å². The molecule has 1 aliphatic heterocycles. The Kier molecular flexibility index (Phi) is 3.99. The van der Waals surface area contributed by atoms with Crippen LogP contribution in [0.1, 0.15) is 26.1 Å². The van der Waals surface area contributed by atoms with Gasteiger partial charge in [-0.1, -0.05) is 0 Å². The molecule has 18 heavy (non-hydrogen) atoms. The molecule has 0 radical (unpaired) electrons. The van der Waals surface area contributed by atoms with Crippen LogP contribution in [0.15, 0.2) is 6.33 Å². The molecule has 1 aromatic rings. The number of hydrogen-bond acceptors (Lipinski definition) is 5. The summed E-state index contributed by atoms with van der Waals surface area (Å²) >= 11 is 0. The van der Waals surface area contributed by atoms with E-state index in [1.165, 1.54) is 0 Å². The fourth-order valence-electron chi connectivity index (χ4n) is 2.41. The van der Waals surface area contributed by atoms with Gasteiger partial charge in [-0.15, -0.1) is 10.2 Å². The van der Waals surface area contributed by atoms with Gasteiger partial charge in [-0.3, -0.25) is 4.90 Å². The maximum absolute atomic E-state index is 5.92. The van der Waals surface area contributed by atoms with E-state index in [0.29, 0.717) is 12.6 Å². The zero-order valence-electron chi connectivity index (χ0n) is 11.5. The third-order valence-electron chi connectivity index (χ3n) is 3.74. The molecule has 2 N–H and O–H groups in total. The summed E-state index contributed by atoms with van der Waals surface area (Å²) in [6.45, 7) is 7.59. The minimum Gasteiger partial charge on any atom is -0.379 e. The van der Waals surface area contributed by atoms with Gasteiger partial charge in [-0.25, -0.2) is 0 Å². The van der Waals surface area contributed by atoms with Crippen molar-refractivity contribution in [3.05, 3.63) is 12.2 Å². The van der Waals surface area contributed by atoms with E-state index in [4.69, 9.17) is 10.5 Å². The molecule has 102 valence electrons. The Morgan fingerprint density at radius 2 is 2.28 bits per heavy atom. The molecule has 0 aliphatic carbocycles. The van der Waals surface area contributed by atoms with Crippen molar-refractivity contribution in [3.8, 4) is 0 Å². The molecule has 0 fully saturated rings. The number of aromatic nitrogens is 3. The second-order valence-electron chi connectivity index (χ2n) is 5.47. The first kappa shape index (κ1) is 13.5. The van der Waals surface area contributed by atoms with Crippen molar-refractivity contribution in [2.45, 2.75) is 45.0 Å². The third-order valence-corrected chi connectivity index (χ3v) is 3.74. The Labute approximate surface area is 108 Å². The highest BCUT2D eigenvalue weighted by atomic mass is 16.5. The highest BCUT2D eigenvalue weighted by Crippen LogP contribution is 2.21. The van der Waals surface area contributed by atoms with E-state index >= 15 is 0 Å². The molecular formula is C12H23N5O. The number of fused-ring (bicyclic) bond motifs is 1. The van der Waals surface area contributed by atoms with Crippen molar-refractivity contribution in [3.63, 3.8) is 0 Å². The Balaban J connectivity index is 2.02. The van der Waals surface area contributed by atoms with Crippen molar-refractivity contribution in [2.75, 3.05) is 20.2 Å². The maximum Gasteiger partial charge on any atom is 0.147 e. The zero-order valence-corrected chi connectivity index (χ0v) is 11.5. The lowest BCUT2D eigenvalue weighted by atomic mass is 9.97. The van der Waals surface area contributed by atoms with Crippen LogP contribution in [0, 0.1) is 0 Å². The summed E-state index contributed by atoms with van der Waals surface area (Å²) in [6.07, 6.45) is 2.72. The molecule has 0 bridgehead atoms. The topological polar surface area (TPSA) is 69.2 Å². The lowest BCUT2D eigenvalue weighted by molar-refractivity contribution is -0.0116. The summed E-state index contributed by atoms with van der Waals surface area (Å²) < 4.78 is 7.60. The van der Waals surface area contributed by atoms with Crippen LogP contribution < -0.4 is 5.73 Å². The molecule has 6 heteroatoms. The lowest BCUT2D eigenvalue weighted by Crippen LogP contribution is -2.48. The predicted octanol–water partition coefficient (Wildman–Crippen LogP) is 0.236. The average Bonchev–Trinajstić information content (AvgIpc) is 2.83. The molecule has 0 saturated carbocycles. The van der Waals surface area contributed by atoms with E-state index in [9.17, 15) is 0 Å². The first-order valence-corrected chi connectivity index (χ1v) is 6.41. The number of methoxy groups -OCH3 is 1. The van der Waals surface area contributed by atoms with Crippen LogP contribution in [0.5, 0.6) is 0 Å². The van der Waals surface area contributed by atoms with Crippen LogP contribution in [-0.2, 0) is 17.8 Å². The zero-order chi connectivity index (χ0) is 13.2. The number of hydrogen-bond donors (Lipinski definition) is 1. The van der Waals surface area contributed by atoms with Crippen LogP contribution in [0.4, 0.5) is 0 Å². The van der Waals surface area contributed by atoms with Crippen LogP contribution in [-0.4, -0.2) is 51.5 Å². The van der Waals surface area contributed by atoms with Crippen molar-refractivity contribution in [2.24, 2.45) is 5.73 Å². The third kappa shape index (κ3) is 2.88. The van der Waals surface area contributed by atoms with Crippen molar-refractivity contribution >= 4 is 0 Å². The van der Waals surface area contributed by atoms with Crippen LogP contribution in [0.25, 0.3) is 0 Å². The standard InChI is InChI=1S/C12H23N5O/c1-12(2,18-3)6-10(7-13)16-4-5-17-9-14-15-11(17)8-16/h9-10H,4-8,13H2,1-3H3. The fraction of sp³-hybridized carbons (Fsp3) is 0.833. The average molecular weight is 253 g/mol. The first-order valence-electron chi connectivity index (χ1n) is 6.41. The molecular weight excluding hydrogens is 230 g/mol. The number of nitrogens with zero attached hydrogens (tertiary/aromatic N) is 4. The Bertz CT molecular complexity index is 390. The molecule has 1 aromatic heterocycles. The van der Waals surface area contributed by atoms with E-state index < -0.39 is 0 Å². The van der Waals surface area contributed by atoms with Crippen LogP contribution in [0.2, 0.25) is 0 Å². The molecule has 1 unspecified atom stereocenters. The van der Waals surface area contributed by atoms with E-state index in [1.54, 1.807) is 13.4 Å². The summed E-state index contributed by atoms with van der Waals surface area (Å²) in [5.74, 6) is 1.02.